The Bertz CT molecular complexity index is 441. The fourth-order valence-corrected chi connectivity index (χ4v) is 2.77. The van der Waals surface area contributed by atoms with E-state index in [2.05, 4.69) is 34.5 Å². The predicted molar refractivity (Wildman–Crippen MR) is 88.7 cm³/mol. The zero-order valence-electron chi connectivity index (χ0n) is 13.6. The van der Waals surface area contributed by atoms with Gasteiger partial charge in [-0.2, -0.15) is 0 Å². The van der Waals surface area contributed by atoms with Crippen LogP contribution in [0.2, 0.25) is 0 Å². The summed E-state index contributed by atoms with van der Waals surface area (Å²) in [7, 11) is 0. The fourth-order valence-electron chi connectivity index (χ4n) is 2.77. The second-order valence-corrected chi connectivity index (χ2v) is 6.55. The van der Waals surface area contributed by atoms with E-state index in [4.69, 9.17) is 0 Å². The number of ketones is 1. The summed E-state index contributed by atoms with van der Waals surface area (Å²) in [5.41, 5.74) is 0.951. The van der Waals surface area contributed by atoms with Crippen molar-refractivity contribution in [3.05, 3.63) is 35.9 Å². The van der Waals surface area contributed by atoms with Gasteiger partial charge in [-0.05, 0) is 38.4 Å². The van der Waals surface area contributed by atoms with Gasteiger partial charge < -0.3 is 10.4 Å². The summed E-state index contributed by atoms with van der Waals surface area (Å²) >= 11 is 0. The molecule has 0 aromatic heterocycles. The number of nitrogens with one attached hydrogen (secondary N) is 1. The molecule has 2 saturated heterocycles. The van der Waals surface area contributed by atoms with Crippen LogP contribution in [0.1, 0.15) is 38.2 Å². The first-order valence-electron chi connectivity index (χ1n) is 8.26. The summed E-state index contributed by atoms with van der Waals surface area (Å²) in [5, 5.41) is 12.5. The van der Waals surface area contributed by atoms with E-state index in [-0.39, 0.29) is 5.60 Å². The summed E-state index contributed by atoms with van der Waals surface area (Å²) in [6.45, 7) is 6.66. The Hall–Kier alpha value is -1.23. The van der Waals surface area contributed by atoms with Gasteiger partial charge in [0.25, 0.3) is 0 Å². The minimum Gasteiger partial charge on any atom is -0.390 e. The third-order valence-corrected chi connectivity index (χ3v) is 4.34. The molecule has 0 amide bonds. The molecule has 2 N–H and O–H groups in total. The van der Waals surface area contributed by atoms with Crippen LogP contribution in [0.25, 0.3) is 0 Å². The van der Waals surface area contributed by atoms with Gasteiger partial charge in [0.2, 0.25) is 0 Å². The second-order valence-electron chi connectivity index (χ2n) is 6.55. The first kappa shape index (κ1) is 17.1. The van der Waals surface area contributed by atoms with Gasteiger partial charge in [0, 0.05) is 32.5 Å². The van der Waals surface area contributed by atoms with Gasteiger partial charge >= 0.3 is 0 Å². The lowest BCUT2D eigenvalue weighted by Gasteiger charge is -2.27. The predicted octanol–water partition coefficient (Wildman–Crippen LogP) is 1.97. The van der Waals surface area contributed by atoms with Gasteiger partial charge in [-0.15, -0.1) is 0 Å². The third kappa shape index (κ3) is 6.26. The molecule has 0 aliphatic carbocycles. The lowest BCUT2D eigenvalue weighted by Crippen LogP contribution is -2.39. The first-order chi connectivity index (χ1) is 10.6. The zero-order chi connectivity index (χ0) is 15.8. The Morgan fingerprint density at radius 1 is 1.14 bits per heavy atom. The summed E-state index contributed by atoms with van der Waals surface area (Å²) in [4.78, 5) is 13.4. The van der Waals surface area contributed by atoms with E-state index in [9.17, 15) is 9.90 Å². The first-order valence-corrected chi connectivity index (χ1v) is 8.26. The topological polar surface area (TPSA) is 52.6 Å². The van der Waals surface area contributed by atoms with Crippen LogP contribution in [0.3, 0.4) is 0 Å². The number of rotatable bonds is 2. The van der Waals surface area contributed by atoms with Crippen molar-refractivity contribution in [3.8, 4) is 0 Å². The van der Waals surface area contributed by atoms with E-state index < -0.39 is 0 Å². The van der Waals surface area contributed by atoms with Gasteiger partial charge in [0.1, 0.15) is 5.78 Å². The maximum Gasteiger partial charge on any atom is 0.135 e. The van der Waals surface area contributed by atoms with E-state index in [1.54, 1.807) is 0 Å². The number of benzene rings is 1. The van der Waals surface area contributed by atoms with Crippen LogP contribution < -0.4 is 5.32 Å². The van der Waals surface area contributed by atoms with Crippen molar-refractivity contribution in [1.29, 1.82) is 0 Å². The minimum atomic E-state index is -0.384. The number of hydrogen-bond acceptors (Lipinski definition) is 4. The van der Waals surface area contributed by atoms with Gasteiger partial charge in [0.05, 0.1) is 5.60 Å². The molecule has 22 heavy (non-hydrogen) atoms. The summed E-state index contributed by atoms with van der Waals surface area (Å²) in [5.74, 6) is 0.411. The number of carbonyl (C=O) groups excluding carboxylic acids is 1. The molecule has 1 aromatic rings. The Morgan fingerprint density at radius 2 is 1.73 bits per heavy atom. The summed E-state index contributed by atoms with van der Waals surface area (Å²) in [6, 6.07) is 10.4. The monoisotopic (exact) mass is 304 g/mol. The lowest BCUT2D eigenvalue weighted by molar-refractivity contribution is -0.121. The van der Waals surface area contributed by atoms with Crippen molar-refractivity contribution in [1.82, 2.24) is 10.2 Å². The lowest BCUT2D eigenvalue weighted by atomic mass is 9.95. The number of carbonyl (C=O) groups is 1. The number of piperidine rings is 2. The minimum absolute atomic E-state index is 0.384. The van der Waals surface area contributed by atoms with E-state index in [1.165, 1.54) is 5.56 Å². The van der Waals surface area contributed by atoms with Crippen molar-refractivity contribution >= 4 is 5.78 Å². The van der Waals surface area contributed by atoms with Crippen LogP contribution >= 0.6 is 0 Å². The molecule has 2 aliphatic rings. The molecule has 2 heterocycles. The van der Waals surface area contributed by atoms with Gasteiger partial charge in [-0.1, -0.05) is 30.3 Å². The van der Waals surface area contributed by atoms with Crippen molar-refractivity contribution in [2.75, 3.05) is 26.2 Å². The largest absolute Gasteiger partial charge is 0.390 e. The van der Waals surface area contributed by atoms with Gasteiger partial charge in [0.15, 0.2) is 0 Å². The molecule has 0 unspecified atom stereocenters. The molecule has 2 fully saturated rings. The standard InChI is InChI=1S/C12H15NO.C6H13NO/c14-12-6-8-13(9-7-12)10-11-4-2-1-3-5-11;1-6(8)2-4-7-5-3-6/h1-5H,6-10H2;7-8H,2-5H2,1H3. The Morgan fingerprint density at radius 3 is 2.23 bits per heavy atom. The van der Waals surface area contributed by atoms with Crippen LogP contribution in [0.4, 0.5) is 0 Å². The van der Waals surface area contributed by atoms with E-state index >= 15 is 0 Å². The molecular weight excluding hydrogens is 276 g/mol. The normalized spacial score (nSPS) is 21.8. The number of Topliss-reactive ketones (excluding diaryl/α,β-unsaturated/α-hetero) is 1. The average molecular weight is 304 g/mol. The molecule has 0 radical (unpaired) electrons. The molecule has 0 bridgehead atoms. The van der Waals surface area contributed by atoms with Gasteiger partial charge in [-0.25, -0.2) is 0 Å². The van der Waals surface area contributed by atoms with Crippen LogP contribution in [0, 0.1) is 0 Å². The molecule has 4 heteroatoms. The number of aliphatic hydroxyl groups is 1. The maximum atomic E-state index is 11.0. The molecule has 4 nitrogen and oxygen atoms in total. The molecule has 0 saturated carbocycles. The van der Waals surface area contributed by atoms with Crippen LogP contribution in [0.15, 0.2) is 30.3 Å². The highest BCUT2D eigenvalue weighted by Crippen LogP contribution is 2.15. The van der Waals surface area contributed by atoms with Crippen molar-refractivity contribution in [2.45, 2.75) is 44.8 Å². The quantitative estimate of drug-likeness (QED) is 0.877. The molecule has 122 valence electrons. The van der Waals surface area contributed by atoms with E-state index in [0.717, 1.165) is 58.4 Å². The summed E-state index contributed by atoms with van der Waals surface area (Å²) < 4.78 is 0. The molecule has 0 spiro atoms. The second kappa shape index (κ2) is 8.42. The van der Waals surface area contributed by atoms with Crippen molar-refractivity contribution in [2.24, 2.45) is 0 Å². The molecule has 1 aromatic carbocycles. The van der Waals surface area contributed by atoms with Crippen molar-refractivity contribution < 1.29 is 9.90 Å². The zero-order valence-corrected chi connectivity index (χ0v) is 13.6. The average Bonchev–Trinajstić information content (AvgIpc) is 2.51. The van der Waals surface area contributed by atoms with E-state index in [1.807, 2.05) is 13.0 Å². The molecule has 0 atom stereocenters. The number of hydrogen-bond donors (Lipinski definition) is 2. The summed E-state index contributed by atoms with van der Waals surface area (Å²) in [6.07, 6.45) is 3.25. The van der Waals surface area contributed by atoms with Gasteiger partial charge in [-0.3, -0.25) is 9.69 Å². The Kier molecular flexibility index (Phi) is 6.55. The van der Waals surface area contributed by atoms with E-state index in [0.29, 0.717) is 5.78 Å². The number of nitrogens with zero attached hydrogens (tertiary/aromatic N) is 1. The van der Waals surface area contributed by atoms with Crippen LogP contribution in [-0.2, 0) is 11.3 Å². The highest BCUT2D eigenvalue weighted by atomic mass is 16.3. The van der Waals surface area contributed by atoms with Crippen LogP contribution in [0.5, 0.6) is 0 Å². The van der Waals surface area contributed by atoms with Crippen LogP contribution in [-0.4, -0.2) is 47.6 Å². The smallest absolute Gasteiger partial charge is 0.135 e. The van der Waals surface area contributed by atoms with Crippen molar-refractivity contribution in [3.63, 3.8) is 0 Å². The third-order valence-electron chi connectivity index (χ3n) is 4.34. The molecular formula is C18H28N2O2. The Balaban J connectivity index is 0.000000188. The number of likely N-dealkylation sites (tertiary alicyclic amines) is 1. The highest BCUT2D eigenvalue weighted by molar-refractivity contribution is 5.79. The molecule has 2 aliphatic heterocycles. The molecule has 3 rings (SSSR count). The fraction of sp³-hybridized carbons (Fsp3) is 0.611. The Labute approximate surface area is 133 Å². The maximum absolute atomic E-state index is 11.0. The highest BCUT2D eigenvalue weighted by Gasteiger charge is 2.22. The SMILES string of the molecule is CC1(O)CCNCC1.O=C1CCN(Cc2ccccc2)CC1.